The number of nitrogens with one attached hydrogen (secondary N) is 1. The van der Waals surface area contributed by atoms with Gasteiger partial charge in [0.2, 0.25) is 0 Å². The number of esters is 1. The molecule has 0 unspecified atom stereocenters. The van der Waals surface area contributed by atoms with Crippen molar-refractivity contribution < 1.29 is 23.5 Å². The highest BCUT2D eigenvalue weighted by molar-refractivity contribution is 9.10. The van der Waals surface area contributed by atoms with Gasteiger partial charge >= 0.3 is 11.9 Å². The molecule has 1 amide bonds. The van der Waals surface area contributed by atoms with Crippen LogP contribution in [0.15, 0.2) is 67.5 Å². The molecule has 7 nitrogen and oxygen atoms in total. The van der Waals surface area contributed by atoms with Crippen LogP contribution in [0.1, 0.15) is 21.7 Å². The van der Waals surface area contributed by atoms with E-state index in [0.717, 1.165) is 15.4 Å². The third kappa shape index (κ3) is 5.83. The number of furan rings is 1. The number of methoxy groups -OCH3 is 1. The Balaban J connectivity index is 1.73. The summed E-state index contributed by atoms with van der Waals surface area (Å²) in [6, 6.07) is 10.7. The summed E-state index contributed by atoms with van der Waals surface area (Å²) in [7, 11) is 1.30. The van der Waals surface area contributed by atoms with E-state index >= 15 is 0 Å². The molecular weight excluding hydrogens is 532 g/mol. The first-order chi connectivity index (χ1) is 14.9. The van der Waals surface area contributed by atoms with Crippen LogP contribution in [-0.4, -0.2) is 31.8 Å². The third-order valence-corrected chi connectivity index (χ3v) is 5.23. The number of nitrogens with zero attached hydrogens (tertiary/aromatic N) is 1. The Kier molecular flexibility index (Phi) is 7.64. The number of allylic oxidation sites excluding steroid dienone is 1. The molecule has 0 radical (unpaired) electrons. The van der Waals surface area contributed by atoms with E-state index in [1.165, 1.54) is 13.3 Å². The van der Waals surface area contributed by atoms with Gasteiger partial charge in [0.1, 0.15) is 11.3 Å². The average Bonchev–Trinajstić information content (AvgIpc) is 3.16. The second-order valence-corrected chi connectivity index (χ2v) is 8.11. The molecule has 160 valence electrons. The predicted molar refractivity (Wildman–Crippen MR) is 125 cm³/mol. The van der Waals surface area contributed by atoms with Crippen molar-refractivity contribution in [2.45, 2.75) is 6.42 Å². The van der Waals surface area contributed by atoms with Crippen LogP contribution in [0.5, 0.6) is 5.75 Å². The fourth-order valence-electron chi connectivity index (χ4n) is 2.75. The molecule has 0 saturated carbocycles. The van der Waals surface area contributed by atoms with Crippen LogP contribution in [0.4, 0.5) is 0 Å². The van der Waals surface area contributed by atoms with E-state index in [9.17, 15) is 9.59 Å². The molecule has 1 aromatic heterocycles. The number of halogens is 2. The Morgan fingerprint density at radius 3 is 2.77 bits per heavy atom. The highest BCUT2D eigenvalue weighted by Crippen LogP contribution is 2.31. The molecule has 1 N–H and O–H groups in total. The van der Waals surface area contributed by atoms with Crippen LogP contribution in [0.25, 0.3) is 11.0 Å². The number of carbonyl (C=O) groups excluding carboxylic acids is 2. The first-order valence-corrected chi connectivity index (χ1v) is 10.6. The van der Waals surface area contributed by atoms with Crippen molar-refractivity contribution in [3.05, 3.63) is 74.9 Å². The lowest BCUT2D eigenvalue weighted by atomic mass is 10.1. The van der Waals surface area contributed by atoms with E-state index in [2.05, 4.69) is 53.7 Å². The van der Waals surface area contributed by atoms with Gasteiger partial charge in [-0.1, -0.05) is 22.0 Å². The number of benzene rings is 2. The third-order valence-electron chi connectivity index (χ3n) is 4.15. The normalized spacial score (nSPS) is 10.9. The lowest BCUT2D eigenvalue weighted by molar-refractivity contribution is -0.142. The van der Waals surface area contributed by atoms with E-state index in [1.54, 1.807) is 24.3 Å². The molecule has 3 aromatic rings. The van der Waals surface area contributed by atoms with Crippen molar-refractivity contribution >= 4 is 60.9 Å². The minimum absolute atomic E-state index is 0.158. The lowest BCUT2D eigenvalue weighted by Gasteiger charge is -2.13. The molecule has 0 aliphatic rings. The number of carbonyl (C=O) groups is 2. The molecule has 0 spiro atoms. The van der Waals surface area contributed by atoms with Crippen molar-refractivity contribution in [2.24, 2.45) is 5.10 Å². The molecule has 3 rings (SSSR count). The van der Waals surface area contributed by atoms with E-state index in [-0.39, 0.29) is 12.4 Å². The van der Waals surface area contributed by atoms with Gasteiger partial charge in [-0.05, 0) is 69.9 Å². The maximum absolute atomic E-state index is 12.3. The van der Waals surface area contributed by atoms with Gasteiger partial charge in [-0.25, -0.2) is 10.2 Å². The van der Waals surface area contributed by atoms with Gasteiger partial charge in [-0.2, -0.15) is 5.10 Å². The van der Waals surface area contributed by atoms with Gasteiger partial charge in [0.15, 0.2) is 12.4 Å². The average molecular weight is 550 g/mol. The highest BCUT2D eigenvalue weighted by atomic mass is 79.9. The van der Waals surface area contributed by atoms with Crippen molar-refractivity contribution in [1.82, 2.24) is 5.43 Å². The molecule has 0 atom stereocenters. The molecule has 31 heavy (non-hydrogen) atoms. The fraction of sp³-hybridized carbons (Fsp3) is 0.136. The standard InChI is InChI=1S/C22H18Br2N2O5/c1-3-4-14-7-13(8-17(24)21(14)30-12-20(27)29-2)11-25-26-22(28)19-10-15-9-16(23)5-6-18(15)31-19/h3,5-11H,1,4,12H2,2H3,(H,26,28)/b25-11+. The summed E-state index contributed by atoms with van der Waals surface area (Å²) in [6.45, 7) is 3.53. The molecule has 0 fully saturated rings. The van der Waals surface area contributed by atoms with Gasteiger partial charge in [0.25, 0.3) is 0 Å². The van der Waals surface area contributed by atoms with Gasteiger partial charge in [-0.3, -0.25) is 4.79 Å². The first-order valence-electron chi connectivity index (χ1n) is 9.06. The molecule has 0 bridgehead atoms. The minimum atomic E-state index is -0.484. The Labute approximate surface area is 195 Å². The molecule has 2 aromatic carbocycles. The monoisotopic (exact) mass is 548 g/mol. The van der Waals surface area contributed by atoms with E-state index in [4.69, 9.17) is 9.15 Å². The van der Waals surface area contributed by atoms with Gasteiger partial charge < -0.3 is 13.9 Å². The van der Waals surface area contributed by atoms with Crippen LogP contribution in [0.2, 0.25) is 0 Å². The number of rotatable bonds is 8. The fourth-order valence-corrected chi connectivity index (χ4v) is 3.77. The molecule has 0 aliphatic heterocycles. The summed E-state index contributed by atoms with van der Waals surface area (Å²) in [5.41, 5.74) is 4.57. The largest absolute Gasteiger partial charge is 0.480 e. The summed E-state index contributed by atoms with van der Waals surface area (Å²) in [4.78, 5) is 23.7. The zero-order valence-corrected chi connectivity index (χ0v) is 19.7. The zero-order valence-electron chi connectivity index (χ0n) is 16.5. The number of fused-ring (bicyclic) bond motifs is 1. The van der Waals surface area contributed by atoms with Crippen LogP contribution in [0.3, 0.4) is 0 Å². The summed E-state index contributed by atoms with van der Waals surface area (Å²) >= 11 is 6.83. The maximum atomic E-state index is 12.3. The van der Waals surface area contributed by atoms with E-state index < -0.39 is 11.9 Å². The molecule has 9 heteroatoms. The number of hydrogen-bond acceptors (Lipinski definition) is 6. The van der Waals surface area contributed by atoms with Gasteiger partial charge in [-0.15, -0.1) is 6.58 Å². The zero-order chi connectivity index (χ0) is 22.4. The topological polar surface area (TPSA) is 90.1 Å². The number of hydrogen-bond donors (Lipinski definition) is 1. The van der Waals surface area contributed by atoms with E-state index in [1.807, 2.05) is 18.2 Å². The van der Waals surface area contributed by atoms with Gasteiger partial charge in [0.05, 0.1) is 17.8 Å². The smallest absolute Gasteiger partial charge is 0.343 e. The number of amides is 1. The lowest BCUT2D eigenvalue weighted by Crippen LogP contribution is -2.16. The van der Waals surface area contributed by atoms with Gasteiger partial charge in [0, 0.05) is 9.86 Å². The predicted octanol–water partition coefficient (Wildman–Crippen LogP) is 5.00. The molecule has 1 heterocycles. The summed E-state index contributed by atoms with van der Waals surface area (Å²) < 4.78 is 17.2. The Morgan fingerprint density at radius 1 is 1.23 bits per heavy atom. The summed E-state index contributed by atoms with van der Waals surface area (Å²) in [5.74, 6) is -0.278. The maximum Gasteiger partial charge on any atom is 0.343 e. The van der Waals surface area contributed by atoms with Crippen LogP contribution in [-0.2, 0) is 16.0 Å². The van der Waals surface area contributed by atoms with Crippen molar-refractivity contribution in [3.63, 3.8) is 0 Å². The SMILES string of the molecule is C=CCc1cc(/C=N/NC(=O)c2cc3cc(Br)ccc3o2)cc(Br)c1OCC(=O)OC. The quantitative estimate of drug-likeness (QED) is 0.185. The Hall–Kier alpha value is -2.91. The Bertz CT molecular complexity index is 1170. The second kappa shape index (κ2) is 10.4. The Morgan fingerprint density at radius 2 is 2.03 bits per heavy atom. The summed E-state index contributed by atoms with van der Waals surface area (Å²) in [5, 5.41) is 4.82. The van der Waals surface area contributed by atoms with Crippen molar-refractivity contribution in [3.8, 4) is 5.75 Å². The number of ether oxygens (including phenoxy) is 2. The summed E-state index contributed by atoms with van der Waals surface area (Å²) in [6.07, 6.45) is 3.73. The van der Waals surface area contributed by atoms with Crippen LogP contribution in [0, 0.1) is 0 Å². The van der Waals surface area contributed by atoms with Crippen molar-refractivity contribution in [1.29, 1.82) is 0 Å². The van der Waals surface area contributed by atoms with Crippen LogP contribution >= 0.6 is 31.9 Å². The molecular formula is C22H18Br2N2O5. The number of hydrazone groups is 1. The highest BCUT2D eigenvalue weighted by Gasteiger charge is 2.13. The van der Waals surface area contributed by atoms with Crippen molar-refractivity contribution in [2.75, 3.05) is 13.7 Å². The molecule has 0 saturated heterocycles. The van der Waals surface area contributed by atoms with E-state index in [0.29, 0.717) is 27.8 Å². The minimum Gasteiger partial charge on any atom is -0.480 e. The van der Waals surface area contributed by atoms with Crippen LogP contribution < -0.4 is 10.2 Å². The molecule has 0 aliphatic carbocycles. The second-order valence-electron chi connectivity index (χ2n) is 6.34. The first kappa shape index (κ1) is 22.8.